The van der Waals surface area contributed by atoms with E-state index >= 15 is 0 Å². The largest absolute Gasteiger partial charge is 0.444 e. The second-order valence-electron chi connectivity index (χ2n) is 5.96. The number of aromatic nitrogens is 1. The normalized spacial score (nSPS) is 14.6. The number of ether oxygens (including phenoxy) is 1. The molecule has 0 unspecified atom stereocenters. The van der Waals surface area contributed by atoms with E-state index in [-0.39, 0.29) is 5.91 Å². The summed E-state index contributed by atoms with van der Waals surface area (Å²) in [5, 5.41) is 2.66. The molecule has 2 heterocycles. The minimum atomic E-state index is -0.529. The monoisotopic (exact) mass is 291 g/mol. The minimum absolute atomic E-state index is 0.0344. The Bertz CT molecular complexity index is 537. The van der Waals surface area contributed by atoms with Crippen LogP contribution in [0.5, 0.6) is 0 Å². The molecule has 1 aliphatic rings. The van der Waals surface area contributed by atoms with Crippen molar-refractivity contribution in [2.75, 3.05) is 18.0 Å². The van der Waals surface area contributed by atoms with Crippen LogP contribution in [-0.4, -0.2) is 35.7 Å². The van der Waals surface area contributed by atoms with Gasteiger partial charge in [0, 0.05) is 25.7 Å². The Hall–Kier alpha value is -2.11. The van der Waals surface area contributed by atoms with Crippen LogP contribution in [0, 0.1) is 0 Å². The summed E-state index contributed by atoms with van der Waals surface area (Å²) in [6.45, 7) is 6.14. The molecular weight excluding hydrogens is 270 g/mol. The van der Waals surface area contributed by atoms with Crippen molar-refractivity contribution >= 4 is 17.8 Å². The van der Waals surface area contributed by atoms with Crippen molar-refractivity contribution in [2.24, 2.45) is 0 Å². The van der Waals surface area contributed by atoms with Crippen LogP contribution >= 0.6 is 0 Å². The summed E-state index contributed by atoms with van der Waals surface area (Å²) in [6, 6.07) is 3.84. The molecule has 0 aliphatic carbocycles. The fraction of sp³-hybridized carbons (Fsp3) is 0.533. The van der Waals surface area contributed by atoms with Crippen molar-refractivity contribution in [1.29, 1.82) is 0 Å². The summed E-state index contributed by atoms with van der Waals surface area (Å²) >= 11 is 0. The molecule has 0 spiro atoms. The van der Waals surface area contributed by atoms with E-state index < -0.39 is 11.7 Å². The number of aryl methyl sites for hydroxylation is 1. The van der Waals surface area contributed by atoms with Crippen LogP contribution in [0.4, 0.5) is 10.6 Å². The number of pyridine rings is 1. The molecule has 0 fully saturated rings. The molecule has 21 heavy (non-hydrogen) atoms. The maximum absolute atomic E-state index is 12.0. The Labute approximate surface area is 124 Å². The smallest absolute Gasteiger partial charge is 0.407 e. The Morgan fingerprint density at radius 3 is 2.90 bits per heavy atom. The predicted molar refractivity (Wildman–Crippen MR) is 79.1 cm³/mol. The lowest BCUT2D eigenvalue weighted by Crippen LogP contribution is -2.42. The second kappa shape index (κ2) is 6.11. The maximum atomic E-state index is 12.0. The first-order chi connectivity index (χ1) is 9.87. The van der Waals surface area contributed by atoms with E-state index in [0.717, 1.165) is 12.0 Å². The van der Waals surface area contributed by atoms with Crippen LogP contribution in [-0.2, 0) is 16.0 Å². The Balaban J connectivity index is 1.91. The molecule has 0 atom stereocenters. The Kier molecular flexibility index (Phi) is 4.45. The highest BCUT2D eigenvalue weighted by molar-refractivity contribution is 5.95. The molecule has 0 aromatic carbocycles. The number of rotatable bonds is 3. The van der Waals surface area contributed by atoms with Crippen molar-refractivity contribution in [2.45, 2.75) is 39.2 Å². The van der Waals surface area contributed by atoms with Gasteiger partial charge in [-0.1, -0.05) is 6.07 Å². The highest BCUT2D eigenvalue weighted by Gasteiger charge is 2.25. The molecule has 114 valence electrons. The number of amides is 2. The van der Waals surface area contributed by atoms with Gasteiger partial charge in [-0.2, -0.15) is 0 Å². The first-order valence-electron chi connectivity index (χ1n) is 7.08. The van der Waals surface area contributed by atoms with Crippen molar-refractivity contribution in [3.05, 3.63) is 23.9 Å². The van der Waals surface area contributed by atoms with Gasteiger partial charge in [-0.15, -0.1) is 0 Å². The van der Waals surface area contributed by atoms with Crippen molar-refractivity contribution in [3.8, 4) is 0 Å². The number of hydrogen-bond donors (Lipinski definition) is 1. The zero-order valence-corrected chi connectivity index (χ0v) is 12.7. The molecule has 1 N–H and O–H groups in total. The summed E-state index contributed by atoms with van der Waals surface area (Å²) in [6.07, 6.45) is 2.39. The van der Waals surface area contributed by atoms with Gasteiger partial charge in [0.1, 0.15) is 11.4 Å². The van der Waals surface area contributed by atoms with Crippen molar-refractivity contribution in [3.63, 3.8) is 0 Å². The quantitative estimate of drug-likeness (QED) is 0.923. The molecule has 1 aromatic heterocycles. The summed E-state index contributed by atoms with van der Waals surface area (Å²) in [4.78, 5) is 29.5. The van der Waals surface area contributed by atoms with Crippen LogP contribution in [0.15, 0.2) is 18.3 Å². The van der Waals surface area contributed by atoms with Gasteiger partial charge in [0.2, 0.25) is 5.91 Å². The van der Waals surface area contributed by atoms with Crippen molar-refractivity contribution in [1.82, 2.24) is 10.3 Å². The molecular formula is C15H21N3O3. The molecule has 0 radical (unpaired) electrons. The molecule has 0 saturated carbocycles. The number of fused-ring (bicyclic) bond motifs is 1. The molecule has 0 bridgehead atoms. The number of nitrogens with zero attached hydrogens (tertiary/aromatic N) is 2. The molecule has 2 amide bonds. The topological polar surface area (TPSA) is 71.5 Å². The highest BCUT2D eigenvalue weighted by atomic mass is 16.6. The van der Waals surface area contributed by atoms with Crippen LogP contribution in [0.25, 0.3) is 0 Å². The molecule has 6 heteroatoms. The minimum Gasteiger partial charge on any atom is -0.444 e. The first-order valence-corrected chi connectivity index (χ1v) is 7.08. The fourth-order valence-corrected chi connectivity index (χ4v) is 2.18. The lowest BCUT2D eigenvalue weighted by Gasteiger charge is -2.28. The third-order valence-electron chi connectivity index (χ3n) is 3.04. The predicted octanol–water partition coefficient (Wildman–Crippen LogP) is 1.89. The van der Waals surface area contributed by atoms with Crippen LogP contribution in [0.3, 0.4) is 0 Å². The van der Waals surface area contributed by atoms with Gasteiger partial charge in [0.15, 0.2) is 0 Å². The molecule has 0 saturated heterocycles. The van der Waals surface area contributed by atoms with E-state index in [4.69, 9.17) is 4.74 Å². The number of nitrogens with one attached hydrogen (secondary N) is 1. The van der Waals surface area contributed by atoms with Gasteiger partial charge in [-0.25, -0.2) is 9.78 Å². The lowest BCUT2D eigenvalue weighted by atomic mass is 10.1. The van der Waals surface area contributed by atoms with E-state index in [1.165, 1.54) is 0 Å². The number of anilines is 1. The van der Waals surface area contributed by atoms with E-state index in [0.29, 0.717) is 25.3 Å². The Morgan fingerprint density at radius 2 is 2.19 bits per heavy atom. The number of carbonyl (C=O) groups is 2. The fourth-order valence-electron chi connectivity index (χ4n) is 2.18. The number of hydrogen-bond acceptors (Lipinski definition) is 4. The zero-order chi connectivity index (χ0) is 15.5. The zero-order valence-electron chi connectivity index (χ0n) is 12.7. The average Bonchev–Trinajstić information content (AvgIpc) is 2.39. The van der Waals surface area contributed by atoms with E-state index in [9.17, 15) is 9.59 Å². The lowest BCUT2D eigenvalue weighted by molar-refractivity contribution is -0.118. The van der Waals surface area contributed by atoms with Crippen LogP contribution in [0.2, 0.25) is 0 Å². The van der Waals surface area contributed by atoms with E-state index in [1.807, 2.05) is 12.1 Å². The molecule has 1 aromatic rings. The summed E-state index contributed by atoms with van der Waals surface area (Å²) in [7, 11) is 0. The van der Waals surface area contributed by atoms with Gasteiger partial charge in [0.05, 0.1) is 0 Å². The van der Waals surface area contributed by atoms with E-state index in [2.05, 4.69) is 10.3 Å². The maximum Gasteiger partial charge on any atom is 0.407 e. The van der Waals surface area contributed by atoms with Crippen LogP contribution in [0.1, 0.15) is 32.8 Å². The molecule has 6 nitrogen and oxygen atoms in total. The van der Waals surface area contributed by atoms with Gasteiger partial charge in [-0.05, 0) is 38.8 Å². The molecule has 2 rings (SSSR count). The van der Waals surface area contributed by atoms with Gasteiger partial charge >= 0.3 is 6.09 Å². The standard InChI is InChI=1S/C15H21N3O3/c1-15(2,3)21-14(20)17-9-10-18-12(19)7-6-11-5-4-8-16-13(11)18/h4-5,8H,6-7,9-10H2,1-3H3,(H,17,20). The summed E-state index contributed by atoms with van der Waals surface area (Å²) < 4.78 is 5.15. The van der Waals surface area contributed by atoms with Gasteiger partial charge < -0.3 is 10.1 Å². The number of alkyl carbamates (subject to hydrolysis) is 1. The first kappa shape index (κ1) is 15.3. The average molecular weight is 291 g/mol. The third kappa shape index (κ3) is 4.18. The SMILES string of the molecule is CC(C)(C)OC(=O)NCCN1C(=O)CCc2cccnc21. The summed E-state index contributed by atoms with van der Waals surface area (Å²) in [5.74, 6) is 0.729. The van der Waals surface area contributed by atoms with Gasteiger partial charge in [-0.3, -0.25) is 9.69 Å². The van der Waals surface area contributed by atoms with Crippen molar-refractivity contribution < 1.29 is 14.3 Å². The van der Waals surface area contributed by atoms with E-state index in [1.54, 1.807) is 31.9 Å². The Morgan fingerprint density at radius 1 is 1.43 bits per heavy atom. The summed E-state index contributed by atoms with van der Waals surface area (Å²) in [5.41, 5.74) is 0.536. The number of carbonyl (C=O) groups excluding carboxylic acids is 2. The van der Waals surface area contributed by atoms with Gasteiger partial charge in [0.25, 0.3) is 0 Å². The third-order valence-corrected chi connectivity index (χ3v) is 3.04. The highest BCUT2D eigenvalue weighted by Crippen LogP contribution is 2.24. The molecule has 1 aliphatic heterocycles. The second-order valence-corrected chi connectivity index (χ2v) is 5.96. The van der Waals surface area contributed by atoms with Crippen LogP contribution < -0.4 is 10.2 Å².